The van der Waals surface area contributed by atoms with E-state index < -0.39 is 5.60 Å². The number of ether oxygens (including phenoxy) is 1. The molecule has 1 aliphatic rings. The average molecular weight is 201 g/mol. The number of rotatable bonds is 4. The Morgan fingerprint density at radius 2 is 2.21 bits per heavy atom. The van der Waals surface area contributed by atoms with Crippen LogP contribution in [0.25, 0.3) is 0 Å². The minimum absolute atomic E-state index is 0.593. The molecule has 0 amide bonds. The molecule has 0 bridgehead atoms. The van der Waals surface area contributed by atoms with Gasteiger partial charge in [0.1, 0.15) is 0 Å². The molecule has 1 fully saturated rings. The van der Waals surface area contributed by atoms with E-state index in [1.807, 2.05) is 13.8 Å². The van der Waals surface area contributed by atoms with Gasteiger partial charge in [-0.3, -0.25) is 0 Å². The minimum atomic E-state index is -0.593. The van der Waals surface area contributed by atoms with Crippen molar-refractivity contribution in [1.82, 2.24) is 4.90 Å². The van der Waals surface area contributed by atoms with Crippen molar-refractivity contribution in [2.24, 2.45) is 5.92 Å². The van der Waals surface area contributed by atoms with Crippen LogP contribution in [-0.2, 0) is 4.74 Å². The number of hydrogen-bond donors (Lipinski definition) is 1. The lowest BCUT2D eigenvalue weighted by atomic mass is 10.0. The number of aliphatic hydroxyl groups is 1. The molecule has 0 aromatic rings. The van der Waals surface area contributed by atoms with Crippen molar-refractivity contribution in [3.05, 3.63) is 0 Å². The van der Waals surface area contributed by atoms with Gasteiger partial charge in [0.15, 0.2) is 0 Å². The van der Waals surface area contributed by atoms with Gasteiger partial charge in [0.25, 0.3) is 0 Å². The third-order valence-electron chi connectivity index (χ3n) is 2.48. The van der Waals surface area contributed by atoms with E-state index >= 15 is 0 Å². The van der Waals surface area contributed by atoms with Crippen molar-refractivity contribution >= 4 is 0 Å². The molecule has 1 saturated heterocycles. The van der Waals surface area contributed by atoms with Gasteiger partial charge in [0.05, 0.1) is 12.2 Å². The van der Waals surface area contributed by atoms with Gasteiger partial charge >= 0.3 is 0 Å². The molecular weight excluding hydrogens is 178 g/mol. The summed E-state index contributed by atoms with van der Waals surface area (Å²) in [4.78, 5) is 2.19. The van der Waals surface area contributed by atoms with Crippen molar-refractivity contribution in [2.45, 2.75) is 32.3 Å². The van der Waals surface area contributed by atoms with Crippen LogP contribution in [0.4, 0.5) is 0 Å². The first-order valence-electron chi connectivity index (χ1n) is 5.46. The fraction of sp³-hybridized carbons (Fsp3) is 1.00. The lowest BCUT2D eigenvalue weighted by Crippen LogP contribution is -2.40. The third-order valence-corrected chi connectivity index (χ3v) is 2.48. The second kappa shape index (κ2) is 5.10. The van der Waals surface area contributed by atoms with Crippen LogP contribution < -0.4 is 0 Å². The van der Waals surface area contributed by atoms with Gasteiger partial charge in [-0.1, -0.05) is 0 Å². The van der Waals surface area contributed by atoms with E-state index in [1.165, 1.54) is 12.8 Å². The Kier molecular flexibility index (Phi) is 4.35. The SMILES string of the molecule is CN(CC1CCCOC1)CC(C)(C)O. The lowest BCUT2D eigenvalue weighted by Gasteiger charge is -2.30. The predicted octanol–water partition coefficient (Wildman–Crippen LogP) is 1.12. The van der Waals surface area contributed by atoms with Crippen LogP contribution in [0.2, 0.25) is 0 Å². The van der Waals surface area contributed by atoms with E-state index in [9.17, 15) is 5.11 Å². The zero-order valence-corrected chi connectivity index (χ0v) is 9.62. The molecule has 1 atom stereocenters. The zero-order chi connectivity index (χ0) is 10.6. The normalized spacial score (nSPS) is 24.2. The zero-order valence-electron chi connectivity index (χ0n) is 9.62. The third kappa shape index (κ3) is 4.94. The van der Waals surface area contributed by atoms with Crippen molar-refractivity contribution in [3.8, 4) is 0 Å². The van der Waals surface area contributed by atoms with Crippen LogP contribution in [0, 0.1) is 5.92 Å². The van der Waals surface area contributed by atoms with Gasteiger partial charge in [-0.2, -0.15) is 0 Å². The Hall–Kier alpha value is -0.120. The number of likely N-dealkylation sites (N-methyl/N-ethyl adjacent to an activating group) is 1. The number of hydrogen-bond acceptors (Lipinski definition) is 3. The molecule has 0 radical (unpaired) electrons. The minimum Gasteiger partial charge on any atom is -0.389 e. The molecule has 1 aliphatic heterocycles. The fourth-order valence-corrected chi connectivity index (χ4v) is 2.12. The highest BCUT2D eigenvalue weighted by Gasteiger charge is 2.20. The van der Waals surface area contributed by atoms with Crippen LogP contribution in [0.3, 0.4) is 0 Å². The Morgan fingerprint density at radius 1 is 1.50 bits per heavy atom. The summed E-state index contributed by atoms with van der Waals surface area (Å²) < 4.78 is 5.42. The predicted molar refractivity (Wildman–Crippen MR) is 57.3 cm³/mol. The fourth-order valence-electron chi connectivity index (χ4n) is 2.12. The second-order valence-electron chi connectivity index (χ2n) is 5.09. The molecule has 1 unspecified atom stereocenters. The highest BCUT2D eigenvalue weighted by atomic mass is 16.5. The maximum atomic E-state index is 9.64. The van der Waals surface area contributed by atoms with E-state index in [2.05, 4.69) is 11.9 Å². The summed E-state index contributed by atoms with van der Waals surface area (Å²) in [5, 5.41) is 9.64. The van der Waals surface area contributed by atoms with E-state index in [4.69, 9.17) is 4.74 Å². The summed E-state index contributed by atoms with van der Waals surface area (Å²) in [6.07, 6.45) is 2.44. The molecule has 0 saturated carbocycles. The second-order valence-corrected chi connectivity index (χ2v) is 5.09. The monoisotopic (exact) mass is 201 g/mol. The van der Waals surface area contributed by atoms with Gasteiger partial charge in [-0.15, -0.1) is 0 Å². The Bertz CT molecular complexity index is 159. The Balaban J connectivity index is 2.21. The van der Waals surface area contributed by atoms with Gasteiger partial charge in [0, 0.05) is 19.7 Å². The van der Waals surface area contributed by atoms with E-state index in [0.29, 0.717) is 5.92 Å². The van der Waals surface area contributed by atoms with Crippen LogP contribution in [0.1, 0.15) is 26.7 Å². The van der Waals surface area contributed by atoms with E-state index in [1.54, 1.807) is 0 Å². The molecule has 84 valence electrons. The standard InChI is InChI=1S/C11H23NO2/c1-11(2,13)9-12(3)7-10-5-4-6-14-8-10/h10,13H,4-9H2,1-3H3. The first kappa shape index (κ1) is 12.0. The number of nitrogens with zero attached hydrogens (tertiary/aromatic N) is 1. The summed E-state index contributed by atoms with van der Waals surface area (Å²) in [7, 11) is 2.06. The van der Waals surface area contributed by atoms with Crippen LogP contribution >= 0.6 is 0 Å². The first-order valence-corrected chi connectivity index (χ1v) is 5.46. The average Bonchev–Trinajstić information content (AvgIpc) is 2.02. The topological polar surface area (TPSA) is 32.7 Å². The van der Waals surface area contributed by atoms with Gasteiger partial charge in [0.2, 0.25) is 0 Å². The first-order chi connectivity index (χ1) is 6.47. The van der Waals surface area contributed by atoms with Crippen LogP contribution in [-0.4, -0.2) is 49.0 Å². The molecule has 3 nitrogen and oxygen atoms in total. The Labute approximate surface area is 87.1 Å². The molecule has 1 rings (SSSR count). The van der Waals surface area contributed by atoms with Crippen LogP contribution in [0.5, 0.6) is 0 Å². The summed E-state index contributed by atoms with van der Waals surface area (Å²) >= 11 is 0. The molecule has 3 heteroatoms. The smallest absolute Gasteiger partial charge is 0.0718 e. The molecule has 0 spiro atoms. The lowest BCUT2D eigenvalue weighted by molar-refractivity contribution is 0.0141. The van der Waals surface area contributed by atoms with Crippen molar-refractivity contribution in [1.29, 1.82) is 0 Å². The molecule has 0 aromatic heterocycles. The molecule has 1 heterocycles. The molecule has 0 aromatic carbocycles. The van der Waals surface area contributed by atoms with Gasteiger partial charge in [-0.25, -0.2) is 0 Å². The van der Waals surface area contributed by atoms with Crippen LogP contribution in [0.15, 0.2) is 0 Å². The maximum absolute atomic E-state index is 9.64. The van der Waals surface area contributed by atoms with Crippen molar-refractivity contribution < 1.29 is 9.84 Å². The van der Waals surface area contributed by atoms with Crippen molar-refractivity contribution in [2.75, 3.05) is 33.4 Å². The maximum Gasteiger partial charge on any atom is 0.0718 e. The largest absolute Gasteiger partial charge is 0.389 e. The molecule has 1 N–H and O–H groups in total. The highest BCUT2D eigenvalue weighted by Crippen LogP contribution is 2.15. The summed E-state index contributed by atoms with van der Waals surface area (Å²) in [5.74, 6) is 0.649. The van der Waals surface area contributed by atoms with E-state index in [0.717, 1.165) is 26.3 Å². The quantitative estimate of drug-likeness (QED) is 0.739. The summed E-state index contributed by atoms with van der Waals surface area (Å²) in [5.41, 5.74) is -0.593. The highest BCUT2D eigenvalue weighted by molar-refractivity contribution is 4.73. The molecular formula is C11H23NO2. The molecule has 14 heavy (non-hydrogen) atoms. The molecule has 0 aliphatic carbocycles. The van der Waals surface area contributed by atoms with Crippen molar-refractivity contribution in [3.63, 3.8) is 0 Å². The van der Waals surface area contributed by atoms with Gasteiger partial charge < -0.3 is 14.7 Å². The summed E-state index contributed by atoms with van der Waals surface area (Å²) in [6.45, 7) is 7.26. The van der Waals surface area contributed by atoms with E-state index in [-0.39, 0.29) is 0 Å². The Morgan fingerprint density at radius 3 is 2.71 bits per heavy atom. The van der Waals surface area contributed by atoms with Gasteiger partial charge in [-0.05, 0) is 39.7 Å². The summed E-state index contributed by atoms with van der Waals surface area (Å²) in [6, 6.07) is 0.